The van der Waals surface area contributed by atoms with Crippen LogP contribution in [0, 0.1) is 0 Å². The van der Waals surface area contributed by atoms with Crippen molar-refractivity contribution in [3.63, 3.8) is 0 Å². The molecule has 0 radical (unpaired) electrons. The number of nitrogens with one attached hydrogen (secondary N) is 2. The zero-order chi connectivity index (χ0) is 20.2. The number of rotatable bonds is 4. The first-order chi connectivity index (χ1) is 14.1. The third-order valence-corrected chi connectivity index (χ3v) is 5.63. The van der Waals surface area contributed by atoms with Crippen LogP contribution in [0.1, 0.15) is 5.82 Å². The number of para-hydroxylation sites is 2. The summed E-state index contributed by atoms with van der Waals surface area (Å²) in [5, 5.41) is 3.21. The number of imidazole rings is 1. The maximum atomic E-state index is 13.5. The Morgan fingerprint density at radius 1 is 1.10 bits per heavy atom. The molecule has 0 saturated carbocycles. The van der Waals surface area contributed by atoms with E-state index in [1.165, 1.54) is 0 Å². The fraction of sp³-hybridized carbons (Fsp3) is 0.238. The summed E-state index contributed by atoms with van der Waals surface area (Å²) in [5.41, 5.74) is 8.59. The number of ether oxygens (including phenoxy) is 2. The van der Waals surface area contributed by atoms with Crippen molar-refractivity contribution in [3.05, 3.63) is 54.1 Å². The van der Waals surface area contributed by atoms with Gasteiger partial charge in [0.05, 0.1) is 30.9 Å². The van der Waals surface area contributed by atoms with Crippen molar-refractivity contribution in [2.24, 2.45) is 5.73 Å². The van der Waals surface area contributed by atoms with E-state index in [1.807, 2.05) is 41.3 Å². The van der Waals surface area contributed by atoms with Crippen LogP contribution in [0.25, 0.3) is 16.6 Å². The predicted molar refractivity (Wildman–Crippen MR) is 110 cm³/mol. The van der Waals surface area contributed by atoms with Gasteiger partial charge in [0.25, 0.3) is 0 Å². The molecule has 1 spiro atoms. The molecular formula is C21H21N5O3. The van der Waals surface area contributed by atoms with E-state index < -0.39 is 5.54 Å². The third-order valence-electron chi connectivity index (χ3n) is 5.63. The normalized spacial score (nSPS) is 17.9. The SMILES string of the molecule is COc1cc(OC)cc(N2C(N)=C(c3nc4ccccc4[nH]3)C(=O)C23CNC3)c1. The van der Waals surface area contributed by atoms with Gasteiger partial charge in [-0.1, -0.05) is 12.1 Å². The first-order valence-corrected chi connectivity index (χ1v) is 9.31. The molecule has 3 aromatic rings. The molecule has 1 aromatic heterocycles. The number of methoxy groups -OCH3 is 2. The number of nitrogens with zero attached hydrogens (tertiary/aromatic N) is 2. The van der Waals surface area contributed by atoms with Crippen LogP contribution < -0.4 is 25.4 Å². The standard InChI is InChI=1S/C21H21N5O3/c1-28-13-7-12(8-14(9-13)29-2)26-19(22)17(18(27)21(26)10-23-11-21)20-24-15-5-3-4-6-16(15)25-20/h3-9,23H,10-11,22H2,1-2H3,(H,24,25). The van der Waals surface area contributed by atoms with Gasteiger partial charge in [0.15, 0.2) is 5.78 Å². The number of carbonyl (C=O) groups is 1. The van der Waals surface area contributed by atoms with Gasteiger partial charge < -0.3 is 30.4 Å². The summed E-state index contributed by atoms with van der Waals surface area (Å²) in [6.45, 7) is 0.992. The number of fused-ring (bicyclic) bond motifs is 1. The van der Waals surface area contributed by atoms with Gasteiger partial charge in [0, 0.05) is 31.3 Å². The van der Waals surface area contributed by atoms with Crippen LogP contribution >= 0.6 is 0 Å². The number of carbonyl (C=O) groups excluding carboxylic acids is 1. The molecule has 5 rings (SSSR count). The monoisotopic (exact) mass is 391 g/mol. The second kappa shape index (κ2) is 6.25. The number of Topliss-reactive ketones (excluding diaryl/α,β-unsaturated/α-hetero) is 1. The summed E-state index contributed by atoms with van der Waals surface area (Å²) >= 11 is 0. The molecule has 0 atom stereocenters. The van der Waals surface area contributed by atoms with Crippen LogP contribution in [0.3, 0.4) is 0 Å². The second-order valence-corrected chi connectivity index (χ2v) is 7.23. The topological polar surface area (TPSA) is 106 Å². The van der Waals surface area contributed by atoms with Gasteiger partial charge in [-0.2, -0.15) is 0 Å². The molecule has 29 heavy (non-hydrogen) atoms. The van der Waals surface area contributed by atoms with E-state index in [2.05, 4.69) is 15.3 Å². The van der Waals surface area contributed by atoms with Crippen molar-refractivity contribution in [2.45, 2.75) is 5.54 Å². The van der Waals surface area contributed by atoms with E-state index in [4.69, 9.17) is 15.2 Å². The fourth-order valence-electron chi connectivity index (χ4n) is 4.08. The summed E-state index contributed by atoms with van der Waals surface area (Å²) in [7, 11) is 3.18. The van der Waals surface area contributed by atoms with Crippen molar-refractivity contribution in [1.29, 1.82) is 0 Å². The number of aromatic amines is 1. The number of H-pyrrole nitrogens is 1. The van der Waals surface area contributed by atoms with E-state index in [9.17, 15) is 4.79 Å². The Bertz CT molecular complexity index is 1110. The van der Waals surface area contributed by atoms with Crippen molar-refractivity contribution in [2.75, 3.05) is 32.2 Å². The molecule has 1 fully saturated rings. The molecule has 1 saturated heterocycles. The lowest BCUT2D eigenvalue weighted by Crippen LogP contribution is -2.71. The van der Waals surface area contributed by atoms with Crippen LogP contribution in [0.2, 0.25) is 0 Å². The smallest absolute Gasteiger partial charge is 0.198 e. The molecule has 148 valence electrons. The van der Waals surface area contributed by atoms with Crippen molar-refractivity contribution >= 4 is 28.1 Å². The average Bonchev–Trinajstić information content (AvgIpc) is 3.22. The lowest BCUT2D eigenvalue weighted by atomic mass is 9.85. The van der Waals surface area contributed by atoms with Gasteiger partial charge in [0.1, 0.15) is 34.3 Å². The first-order valence-electron chi connectivity index (χ1n) is 9.31. The fourth-order valence-corrected chi connectivity index (χ4v) is 4.08. The Hall–Kier alpha value is -3.52. The van der Waals surface area contributed by atoms with Crippen molar-refractivity contribution in [3.8, 4) is 11.5 Å². The summed E-state index contributed by atoms with van der Waals surface area (Å²) in [6, 6.07) is 13.1. The Labute approximate surface area is 167 Å². The minimum atomic E-state index is -0.782. The number of anilines is 1. The molecular weight excluding hydrogens is 370 g/mol. The van der Waals surface area contributed by atoms with Gasteiger partial charge >= 0.3 is 0 Å². The van der Waals surface area contributed by atoms with Gasteiger partial charge in [-0.25, -0.2) is 4.98 Å². The van der Waals surface area contributed by atoms with Gasteiger partial charge in [0.2, 0.25) is 0 Å². The highest BCUT2D eigenvalue weighted by atomic mass is 16.5. The Balaban J connectivity index is 1.69. The van der Waals surface area contributed by atoms with E-state index in [0.717, 1.165) is 16.7 Å². The minimum Gasteiger partial charge on any atom is -0.497 e. The Morgan fingerprint density at radius 2 is 1.79 bits per heavy atom. The van der Waals surface area contributed by atoms with E-state index in [-0.39, 0.29) is 5.78 Å². The van der Waals surface area contributed by atoms with E-state index >= 15 is 0 Å². The second-order valence-electron chi connectivity index (χ2n) is 7.23. The molecule has 3 heterocycles. The van der Waals surface area contributed by atoms with Crippen molar-refractivity contribution < 1.29 is 14.3 Å². The maximum Gasteiger partial charge on any atom is 0.198 e. The highest BCUT2D eigenvalue weighted by Crippen LogP contribution is 2.44. The third kappa shape index (κ3) is 2.42. The van der Waals surface area contributed by atoms with E-state index in [1.54, 1.807) is 20.3 Å². The summed E-state index contributed by atoms with van der Waals surface area (Å²) < 4.78 is 10.8. The molecule has 4 N–H and O–H groups in total. The van der Waals surface area contributed by atoms with Gasteiger partial charge in [-0.3, -0.25) is 4.79 Å². The Kier molecular flexibility index (Phi) is 3.78. The number of hydrogen-bond acceptors (Lipinski definition) is 7. The highest BCUT2D eigenvalue weighted by Gasteiger charge is 2.57. The summed E-state index contributed by atoms with van der Waals surface area (Å²) in [5.74, 6) is 2.05. The van der Waals surface area contributed by atoms with Crippen LogP contribution in [0.4, 0.5) is 5.69 Å². The molecule has 0 amide bonds. The van der Waals surface area contributed by atoms with Crippen LogP contribution in [-0.4, -0.2) is 48.6 Å². The number of hydrogen-bond donors (Lipinski definition) is 3. The van der Waals surface area contributed by atoms with Crippen LogP contribution in [-0.2, 0) is 4.79 Å². The number of ketones is 1. The molecule has 0 aliphatic carbocycles. The molecule has 8 heteroatoms. The highest BCUT2D eigenvalue weighted by molar-refractivity contribution is 6.30. The predicted octanol–water partition coefficient (Wildman–Crippen LogP) is 1.64. The van der Waals surface area contributed by atoms with Crippen LogP contribution in [0.5, 0.6) is 11.5 Å². The van der Waals surface area contributed by atoms with Gasteiger partial charge in [-0.15, -0.1) is 0 Å². The molecule has 8 nitrogen and oxygen atoms in total. The van der Waals surface area contributed by atoms with Crippen LogP contribution in [0.15, 0.2) is 48.3 Å². The number of aromatic nitrogens is 2. The van der Waals surface area contributed by atoms with Crippen molar-refractivity contribution in [1.82, 2.24) is 15.3 Å². The Morgan fingerprint density at radius 3 is 2.38 bits per heavy atom. The van der Waals surface area contributed by atoms with E-state index in [0.29, 0.717) is 41.8 Å². The molecule has 2 aromatic carbocycles. The minimum absolute atomic E-state index is 0.0467. The molecule has 2 aliphatic heterocycles. The number of nitrogens with two attached hydrogens (primary N) is 1. The molecule has 0 bridgehead atoms. The summed E-state index contributed by atoms with van der Waals surface area (Å²) in [6.07, 6.45) is 0. The quantitative estimate of drug-likeness (QED) is 0.621. The van der Waals surface area contributed by atoms with Gasteiger partial charge in [-0.05, 0) is 12.1 Å². The number of benzene rings is 2. The lowest BCUT2D eigenvalue weighted by molar-refractivity contribution is -0.119. The summed E-state index contributed by atoms with van der Waals surface area (Å²) in [4.78, 5) is 23.3. The molecule has 2 aliphatic rings. The molecule has 0 unspecified atom stereocenters. The lowest BCUT2D eigenvalue weighted by Gasteiger charge is -2.46. The zero-order valence-corrected chi connectivity index (χ0v) is 16.2. The first kappa shape index (κ1) is 17.6. The average molecular weight is 391 g/mol. The largest absolute Gasteiger partial charge is 0.497 e. The zero-order valence-electron chi connectivity index (χ0n) is 16.2. The maximum absolute atomic E-state index is 13.5.